The maximum Gasteiger partial charge on any atom is 0.250 e. The van der Waals surface area contributed by atoms with Crippen molar-refractivity contribution in [3.8, 4) is 0 Å². The fraction of sp³-hybridized carbons (Fsp3) is 0.550. The van der Waals surface area contributed by atoms with Crippen LogP contribution in [-0.2, 0) is 19.9 Å². The second-order valence-electron chi connectivity index (χ2n) is 8.03. The first-order valence-corrected chi connectivity index (χ1v) is 9.40. The maximum absolute atomic E-state index is 13.4. The minimum Gasteiger partial charge on any atom is -0.324 e. The highest BCUT2D eigenvalue weighted by Crippen LogP contribution is 2.54. The molecule has 1 spiro atoms. The number of para-hydroxylation sites is 1. The van der Waals surface area contributed by atoms with E-state index in [0.717, 1.165) is 11.3 Å². The van der Waals surface area contributed by atoms with Crippen LogP contribution in [0.2, 0.25) is 0 Å². The van der Waals surface area contributed by atoms with Crippen LogP contribution < -0.4 is 10.6 Å². The maximum atomic E-state index is 13.4. The summed E-state index contributed by atoms with van der Waals surface area (Å²) in [5, 5.41) is 6.34. The van der Waals surface area contributed by atoms with Crippen molar-refractivity contribution >= 4 is 23.4 Å². The van der Waals surface area contributed by atoms with Gasteiger partial charge in [-0.1, -0.05) is 39.0 Å². The molecule has 4 rings (SSSR count). The summed E-state index contributed by atoms with van der Waals surface area (Å²) in [4.78, 5) is 41.1. The predicted molar refractivity (Wildman–Crippen MR) is 97.1 cm³/mol. The minimum absolute atomic E-state index is 0.121. The van der Waals surface area contributed by atoms with Gasteiger partial charge in [-0.15, -0.1) is 0 Å². The molecule has 5 atom stereocenters. The molecule has 6 nitrogen and oxygen atoms in total. The number of nitrogens with zero attached hydrogens (tertiary/aromatic N) is 1. The molecule has 138 valence electrons. The Bertz CT molecular complexity index is 805. The van der Waals surface area contributed by atoms with E-state index in [1.54, 1.807) is 0 Å². The largest absolute Gasteiger partial charge is 0.324 e. The Balaban J connectivity index is 1.90. The lowest BCUT2D eigenvalue weighted by atomic mass is 9.76. The van der Waals surface area contributed by atoms with Gasteiger partial charge >= 0.3 is 0 Å². The summed E-state index contributed by atoms with van der Waals surface area (Å²) in [6.07, 6.45) is 0.701. The Morgan fingerprint density at radius 1 is 1.12 bits per heavy atom. The van der Waals surface area contributed by atoms with Crippen molar-refractivity contribution in [1.29, 1.82) is 0 Å². The molecule has 26 heavy (non-hydrogen) atoms. The van der Waals surface area contributed by atoms with Gasteiger partial charge in [0.05, 0.1) is 11.8 Å². The van der Waals surface area contributed by atoms with E-state index in [1.807, 2.05) is 52.0 Å². The number of fused-ring (bicyclic) bond motifs is 4. The van der Waals surface area contributed by atoms with Gasteiger partial charge in [-0.3, -0.25) is 24.6 Å². The molecule has 2 fully saturated rings. The van der Waals surface area contributed by atoms with Crippen LogP contribution in [-0.4, -0.2) is 34.7 Å². The van der Waals surface area contributed by atoms with E-state index in [-0.39, 0.29) is 35.7 Å². The third-order valence-electron chi connectivity index (χ3n) is 6.34. The van der Waals surface area contributed by atoms with Crippen molar-refractivity contribution < 1.29 is 14.4 Å². The van der Waals surface area contributed by atoms with Crippen molar-refractivity contribution in [2.24, 2.45) is 17.8 Å². The lowest BCUT2D eigenvalue weighted by Gasteiger charge is -2.31. The van der Waals surface area contributed by atoms with Crippen LogP contribution in [0.1, 0.15) is 39.7 Å². The first-order valence-electron chi connectivity index (χ1n) is 9.40. The molecule has 0 radical (unpaired) electrons. The third kappa shape index (κ3) is 1.93. The zero-order chi connectivity index (χ0) is 18.8. The van der Waals surface area contributed by atoms with E-state index >= 15 is 0 Å². The predicted octanol–water partition coefficient (Wildman–Crippen LogP) is 1.86. The molecule has 3 aliphatic heterocycles. The molecule has 2 N–H and O–H groups in total. The standard InChI is InChI=1S/C20H25N3O3/c1-5-11(4)23-17(24)14-15(18(23)25)20(22-16(14)10(2)3)12-8-6-7-9-13(12)21-19(20)26/h6-11,14-16,22H,5H2,1-4H3,(H,21,26)/t11-,14-,15-,16-,20-/m0/s1. The summed E-state index contributed by atoms with van der Waals surface area (Å²) >= 11 is 0. The fourth-order valence-corrected chi connectivity index (χ4v) is 4.90. The van der Waals surface area contributed by atoms with Gasteiger partial charge < -0.3 is 5.32 Å². The monoisotopic (exact) mass is 355 g/mol. The zero-order valence-corrected chi connectivity index (χ0v) is 15.6. The molecular weight excluding hydrogens is 330 g/mol. The molecule has 0 unspecified atom stereocenters. The van der Waals surface area contributed by atoms with Gasteiger partial charge in [0.15, 0.2) is 0 Å². The highest BCUT2D eigenvalue weighted by molar-refractivity contribution is 6.15. The van der Waals surface area contributed by atoms with Gasteiger partial charge in [0, 0.05) is 23.3 Å². The third-order valence-corrected chi connectivity index (χ3v) is 6.34. The van der Waals surface area contributed by atoms with E-state index in [9.17, 15) is 14.4 Å². The molecule has 0 aliphatic carbocycles. The number of rotatable bonds is 3. The number of hydrogen-bond acceptors (Lipinski definition) is 4. The molecule has 3 aliphatic rings. The highest BCUT2D eigenvalue weighted by Gasteiger charge is 2.70. The molecule has 0 saturated carbocycles. The summed E-state index contributed by atoms with van der Waals surface area (Å²) in [5.74, 6) is -1.68. The molecule has 3 amide bonds. The number of hydrogen-bond donors (Lipinski definition) is 2. The number of benzene rings is 1. The SMILES string of the molecule is CC[C@H](C)N1C(=O)[C@H]2[C@@H](C1=O)[C@]1(N[C@H]2C(C)C)C(=O)Nc2ccccc21. The van der Waals surface area contributed by atoms with Crippen LogP contribution in [0.3, 0.4) is 0 Å². The number of carbonyl (C=O) groups excluding carboxylic acids is 3. The zero-order valence-electron chi connectivity index (χ0n) is 15.6. The van der Waals surface area contributed by atoms with Gasteiger partial charge in [0.1, 0.15) is 5.54 Å². The normalized spacial score (nSPS) is 33.8. The number of nitrogens with one attached hydrogen (secondary N) is 2. The Hall–Kier alpha value is -2.21. The Kier molecular flexibility index (Phi) is 3.74. The smallest absolute Gasteiger partial charge is 0.250 e. The molecular formula is C20H25N3O3. The number of carbonyl (C=O) groups is 3. The number of imide groups is 1. The van der Waals surface area contributed by atoms with Crippen LogP contribution in [0.5, 0.6) is 0 Å². The summed E-state index contributed by atoms with van der Waals surface area (Å²) in [7, 11) is 0. The van der Waals surface area contributed by atoms with Crippen LogP contribution in [0, 0.1) is 17.8 Å². The van der Waals surface area contributed by atoms with E-state index in [0.29, 0.717) is 6.42 Å². The number of anilines is 1. The lowest BCUT2D eigenvalue weighted by Crippen LogP contribution is -2.54. The summed E-state index contributed by atoms with van der Waals surface area (Å²) < 4.78 is 0. The van der Waals surface area contributed by atoms with Gasteiger partial charge in [-0.2, -0.15) is 0 Å². The second-order valence-corrected chi connectivity index (χ2v) is 8.03. The van der Waals surface area contributed by atoms with Crippen LogP contribution in [0.4, 0.5) is 5.69 Å². The lowest BCUT2D eigenvalue weighted by molar-refractivity contribution is -0.145. The molecule has 1 aromatic rings. The highest BCUT2D eigenvalue weighted by atomic mass is 16.2. The van der Waals surface area contributed by atoms with Crippen molar-refractivity contribution in [3.63, 3.8) is 0 Å². The molecule has 1 aromatic carbocycles. The van der Waals surface area contributed by atoms with Crippen LogP contribution in [0.15, 0.2) is 24.3 Å². The van der Waals surface area contributed by atoms with Gasteiger partial charge in [-0.05, 0) is 25.3 Å². The second kappa shape index (κ2) is 5.64. The van der Waals surface area contributed by atoms with Crippen molar-refractivity contribution in [2.45, 2.75) is 51.7 Å². The fourth-order valence-electron chi connectivity index (χ4n) is 4.90. The summed E-state index contributed by atoms with van der Waals surface area (Å²) in [6.45, 7) is 7.90. The van der Waals surface area contributed by atoms with Gasteiger partial charge in [0.2, 0.25) is 17.7 Å². The minimum atomic E-state index is -1.16. The molecule has 2 saturated heterocycles. The topological polar surface area (TPSA) is 78.5 Å². The number of likely N-dealkylation sites (tertiary alicyclic amines) is 1. The van der Waals surface area contributed by atoms with Crippen LogP contribution in [0.25, 0.3) is 0 Å². The Morgan fingerprint density at radius 2 is 1.81 bits per heavy atom. The molecule has 6 heteroatoms. The van der Waals surface area contributed by atoms with Crippen molar-refractivity contribution in [1.82, 2.24) is 10.2 Å². The summed E-state index contributed by atoms with van der Waals surface area (Å²) in [5.41, 5.74) is 0.330. The average molecular weight is 355 g/mol. The summed E-state index contributed by atoms with van der Waals surface area (Å²) in [6, 6.07) is 7.07. The first kappa shape index (κ1) is 17.2. The molecule has 0 aromatic heterocycles. The number of amides is 3. The first-order chi connectivity index (χ1) is 12.3. The quantitative estimate of drug-likeness (QED) is 0.812. The van der Waals surface area contributed by atoms with Gasteiger partial charge in [0.25, 0.3) is 0 Å². The van der Waals surface area contributed by atoms with Crippen molar-refractivity contribution in [2.75, 3.05) is 5.32 Å². The molecule has 3 heterocycles. The van der Waals surface area contributed by atoms with E-state index in [1.165, 1.54) is 4.90 Å². The van der Waals surface area contributed by atoms with Crippen LogP contribution >= 0.6 is 0 Å². The van der Waals surface area contributed by atoms with Gasteiger partial charge in [-0.25, -0.2) is 0 Å². The van der Waals surface area contributed by atoms with E-state index in [2.05, 4.69) is 10.6 Å². The average Bonchev–Trinajstić information content (AvgIpc) is 3.20. The Labute approximate surface area is 153 Å². The Morgan fingerprint density at radius 3 is 2.46 bits per heavy atom. The van der Waals surface area contributed by atoms with E-state index < -0.39 is 17.4 Å². The van der Waals surface area contributed by atoms with Crippen molar-refractivity contribution in [3.05, 3.63) is 29.8 Å². The van der Waals surface area contributed by atoms with E-state index in [4.69, 9.17) is 0 Å². The molecule has 0 bridgehead atoms.